The third-order valence-electron chi connectivity index (χ3n) is 4.40. The van der Waals surface area contributed by atoms with Gasteiger partial charge in [0.1, 0.15) is 0 Å². The molecule has 148 valence electrons. The molecule has 0 spiro atoms. The molecule has 1 aromatic carbocycles. The first-order chi connectivity index (χ1) is 12.4. The summed E-state index contributed by atoms with van der Waals surface area (Å²) in [5.41, 5.74) is 2.28. The molecule has 0 bridgehead atoms. The lowest BCUT2D eigenvalue weighted by Gasteiger charge is -2.21. The number of benzene rings is 1. The number of nitrogens with zero attached hydrogens (tertiary/aromatic N) is 3. The molecule has 6 nitrogen and oxygen atoms in total. The number of sulfonamides is 1. The van der Waals surface area contributed by atoms with Crippen molar-refractivity contribution in [3.8, 4) is 0 Å². The molecule has 0 unspecified atom stereocenters. The maximum Gasteiger partial charge on any atom is 0.251 e. The van der Waals surface area contributed by atoms with Gasteiger partial charge in [-0.15, -0.1) is 0 Å². The quantitative estimate of drug-likeness (QED) is 0.759. The summed E-state index contributed by atoms with van der Waals surface area (Å²) in [6, 6.07) is 11.1. The van der Waals surface area contributed by atoms with Gasteiger partial charge in [0.25, 0.3) is 5.56 Å². The van der Waals surface area contributed by atoms with Crippen molar-refractivity contribution in [2.24, 2.45) is 0 Å². The first-order valence-corrected chi connectivity index (χ1v) is 10.3. The van der Waals surface area contributed by atoms with Gasteiger partial charge < -0.3 is 4.57 Å². The Balaban J connectivity index is 2.16. The van der Waals surface area contributed by atoms with E-state index in [0.717, 1.165) is 9.87 Å². The molecular weight excluding hydrogens is 362 g/mol. The van der Waals surface area contributed by atoms with Gasteiger partial charge in [-0.2, -0.15) is 0 Å². The molecule has 0 amide bonds. The lowest BCUT2D eigenvalue weighted by molar-refractivity contribution is 0.255. The van der Waals surface area contributed by atoms with Crippen molar-refractivity contribution in [2.45, 2.75) is 44.3 Å². The highest BCUT2D eigenvalue weighted by molar-refractivity contribution is 7.89. The van der Waals surface area contributed by atoms with E-state index in [1.807, 2.05) is 11.9 Å². The van der Waals surface area contributed by atoms with Crippen molar-refractivity contribution in [2.75, 3.05) is 21.1 Å². The molecule has 0 fully saturated rings. The molecule has 0 radical (unpaired) electrons. The summed E-state index contributed by atoms with van der Waals surface area (Å²) in [7, 11) is 1.27. The Morgan fingerprint density at radius 1 is 0.963 bits per heavy atom. The van der Waals surface area contributed by atoms with Crippen molar-refractivity contribution in [1.29, 1.82) is 0 Å². The van der Waals surface area contributed by atoms with Gasteiger partial charge in [0.05, 0.1) is 11.6 Å². The largest absolute Gasteiger partial charge is 0.301 e. The third kappa shape index (κ3) is 5.28. The molecule has 7 heteroatoms. The van der Waals surface area contributed by atoms with Gasteiger partial charge in [-0.05, 0) is 29.7 Å². The SMILES string of the molecule is CN(Cc1ccc(C(C)(C)C)cc1)Cn1cc(S(=O)(=O)N(C)C)ccc1=O. The molecule has 0 atom stereocenters. The van der Waals surface area contributed by atoms with Crippen LogP contribution in [0.1, 0.15) is 31.9 Å². The monoisotopic (exact) mass is 391 g/mol. The first kappa shape index (κ1) is 21.3. The average molecular weight is 392 g/mol. The molecule has 2 rings (SSSR count). The summed E-state index contributed by atoms with van der Waals surface area (Å²) < 4.78 is 27.1. The second kappa shape index (κ2) is 7.96. The Labute approximate surface area is 162 Å². The minimum Gasteiger partial charge on any atom is -0.301 e. The van der Waals surface area contributed by atoms with Crippen molar-refractivity contribution in [3.63, 3.8) is 0 Å². The molecular formula is C20H29N3O3S. The molecule has 0 aliphatic heterocycles. The predicted octanol–water partition coefficient (Wildman–Crippen LogP) is 2.49. The van der Waals surface area contributed by atoms with Gasteiger partial charge >= 0.3 is 0 Å². The molecule has 1 aromatic heterocycles. The van der Waals surface area contributed by atoms with Crippen LogP contribution in [-0.4, -0.2) is 43.3 Å². The van der Waals surface area contributed by atoms with E-state index < -0.39 is 10.0 Å². The molecule has 0 aliphatic rings. The molecule has 0 aliphatic carbocycles. The number of hydrogen-bond acceptors (Lipinski definition) is 4. The van der Waals surface area contributed by atoms with E-state index in [9.17, 15) is 13.2 Å². The summed E-state index contributed by atoms with van der Waals surface area (Å²) in [5.74, 6) is 0. The minimum absolute atomic E-state index is 0.107. The zero-order valence-corrected chi connectivity index (χ0v) is 17.7. The van der Waals surface area contributed by atoms with Crippen LogP contribution in [0, 0.1) is 0 Å². The van der Waals surface area contributed by atoms with Gasteiger partial charge in [-0.25, -0.2) is 12.7 Å². The van der Waals surface area contributed by atoms with Gasteiger partial charge in [-0.3, -0.25) is 9.69 Å². The van der Waals surface area contributed by atoms with Crippen molar-refractivity contribution in [3.05, 3.63) is 64.1 Å². The van der Waals surface area contributed by atoms with Crippen LogP contribution in [0.25, 0.3) is 0 Å². The number of pyridine rings is 1. The van der Waals surface area contributed by atoms with Gasteiger partial charge in [-0.1, -0.05) is 45.0 Å². The van der Waals surface area contributed by atoms with Crippen molar-refractivity contribution < 1.29 is 8.42 Å². The third-order valence-corrected chi connectivity index (χ3v) is 6.20. The first-order valence-electron chi connectivity index (χ1n) is 8.82. The van der Waals surface area contributed by atoms with Crippen LogP contribution >= 0.6 is 0 Å². The Hall–Kier alpha value is -1.96. The van der Waals surface area contributed by atoms with E-state index in [1.165, 1.54) is 42.6 Å². The Morgan fingerprint density at radius 3 is 2.07 bits per heavy atom. The normalized spacial score (nSPS) is 12.7. The van der Waals surface area contributed by atoms with Crippen molar-refractivity contribution in [1.82, 2.24) is 13.8 Å². The van der Waals surface area contributed by atoms with Crippen LogP contribution < -0.4 is 5.56 Å². The van der Waals surface area contributed by atoms with E-state index in [4.69, 9.17) is 0 Å². The standard InChI is InChI=1S/C20H29N3O3S/c1-20(2,3)17-9-7-16(8-10-17)13-22(6)15-23-14-18(11-12-19(23)24)27(25,26)21(4)5/h7-12,14H,13,15H2,1-6H3. The molecule has 0 saturated heterocycles. The Morgan fingerprint density at radius 2 is 1.56 bits per heavy atom. The molecule has 0 N–H and O–H groups in total. The Bertz CT molecular complexity index is 940. The molecule has 0 saturated carbocycles. The maximum atomic E-state index is 12.3. The van der Waals surface area contributed by atoms with Crippen LogP contribution in [0.2, 0.25) is 0 Å². The van der Waals surface area contributed by atoms with E-state index in [-0.39, 0.29) is 15.9 Å². The second-order valence-electron chi connectivity index (χ2n) is 8.06. The highest BCUT2D eigenvalue weighted by Crippen LogP contribution is 2.22. The fourth-order valence-electron chi connectivity index (χ4n) is 2.72. The summed E-state index contributed by atoms with van der Waals surface area (Å²) in [4.78, 5) is 14.2. The summed E-state index contributed by atoms with van der Waals surface area (Å²) in [6.45, 7) is 7.48. The smallest absolute Gasteiger partial charge is 0.251 e. The summed E-state index contributed by atoms with van der Waals surface area (Å²) in [5, 5.41) is 0. The zero-order valence-electron chi connectivity index (χ0n) is 16.9. The van der Waals surface area contributed by atoms with Gasteiger partial charge in [0, 0.05) is 32.9 Å². The fourth-order valence-corrected chi connectivity index (χ4v) is 3.64. The molecule has 2 aromatic rings. The van der Waals surface area contributed by atoms with E-state index in [0.29, 0.717) is 13.2 Å². The number of aromatic nitrogens is 1. The van der Waals surface area contributed by atoms with Crippen LogP contribution in [0.3, 0.4) is 0 Å². The van der Waals surface area contributed by atoms with Crippen molar-refractivity contribution >= 4 is 10.0 Å². The predicted molar refractivity (Wildman–Crippen MR) is 108 cm³/mol. The van der Waals surface area contributed by atoms with Crippen LogP contribution in [0.4, 0.5) is 0 Å². The maximum absolute atomic E-state index is 12.3. The van der Waals surface area contributed by atoms with E-state index in [2.05, 4.69) is 45.0 Å². The lowest BCUT2D eigenvalue weighted by atomic mass is 9.87. The van der Waals surface area contributed by atoms with Crippen LogP contribution in [0.5, 0.6) is 0 Å². The number of rotatable bonds is 6. The topological polar surface area (TPSA) is 62.6 Å². The number of hydrogen-bond donors (Lipinski definition) is 0. The van der Waals surface area contributed by atoms with Crippen LogP contribution in [0.15, 0.2) is 52.3 Å². The minimum atomic E-state index is -3.57. The van der Waals surface area contributed by atoms with Gasteiger partial charge in [0.15, 0.2) is 0 Å². The highest BCUT2D eigenvalue weighted by Gasteiger charge is 2.18. The van der Waals surface area contributed by atoms with E-state index >= 15 is 0 Å². The Kier molecular flexibility index (Phi) is 6.29. The average Bonchev–Trinajstić information content (AvgIpc) is 2.56. The zero-order chi connectivity index (χ0) is 20.4. The summed E-state index contributed by atoms with van der Waals surface area (Å²) in [6.07, 6.45) is 1.40. The molecule has 1 heterocycles. The highest BCUT2D eigenvalue weighted by atomic mass is 32.2. The fraction of sp³-hybridized carbons (Fsp3) is 0.450. The van der Waals surface area contributed by atoms with Gasteiger partial charge in [0.2, 0.25) is 10.0 Å². The summed E-state index contributed by atoms with van der Waals surface area (Å²) >= 11 is 0. The van der Waals surface area contributed by atoms with E-state index in [1.54, 1.807) is 0 Å². The van der Waals surface area contributed by atoms with Crippen LogP contribution in [-0.2, 0) is 28.7 Å². The second-order valence-corrected chi connectivity index (χ2v) is 10.2. The lowest BCUT2D eigenvalue weighted by Crippen LogP contribution is -2.30. The molecule has 27 heavy (non-hydrogen) atoms.